The maximum Gasteiger partial charge on any atom is 0.225 e. The van der Waals surface area contributed by atoms with Gasteiger partial charge in [0.25, 0.3) is 0 Å². The number of anilines is 1. The highest BCUT2D eigenvalue weighted by Crippen LogP contribution is 2.59. The Bertz CT molecular complexity index is 829. The summed E-state index contributed by atoms with van der Waals surface area (Å²) in [7, 11) is 0. The van der Waals surface area contributed by atoms with Crippen LogP contribution in [-0.4, -0.2) is 11.7 Å². The molecule has 4 saturated carbocycles. The molecule has 4 bridgehead atoms. The summed E-state index contributed by atoms with van der Waals surface area (Å²) in [6, 6.07) is 17.3. The molecule has 4 fully saturated rings. The molecule has 0 aromatic heterocycles. The van der Waals surface area contributed by atoms with Gasteiger partial charge in [0.05, 0.1) is 0 Å². The van der Waals surface area contributed by atoms with E-state index in [2.05, 4.69) is 60.8 Å². The van der Waals surface area contributed by atoms with E-state index in [4.69, 9.17) is 0 Å². The van der Waals surface area contributed by atoms with Gasteiger partial charge in [0.2, 0.25) is 5.91 Å². The van der Waals surface area contributed by atoms with E-state index in [1.807, 2.05) is 0 Å². The monoisotopic (exact) mass is 405 g/mol. The molecule has 3 heteroatoms. The molecule has 0 atom stereocenters. The van der Waals surface area contributed by atoms with E-state index in [9.17, 15) is 4.79 Å². The maximum absolute atomic E-state index is 12.3. The Labute approximate surface area is 178 Å². The molecule has 6 rings (SSSR count). The molecular weight excluding hydrogens is 374 g/mol. The molecule has 0 heterocycles. The van der Waals surface area contributed by atoms with Crippen molar-refractivity contribution in [1.29, 1.82) is 0 Å². The van der Waals surface area contributed by atoms with Gasteiger partial charge in [-0.15, -0.1) is 11.8 Å². The molecule has 0 radical (unpaired) electrons. The van der Waals surface area contributed by atoms with Gasteiger partial charge in [0.1, 0.15) is 0 Å². The van der Waals surface area contributed by atoms with Crippen molar-refractivity contribution in [3.8, 4) is 0 Å². The molecule has 0 unspecified atom stereocenters. The molecular formula is C26H31NOS. The van der Waals surface area contributed by atoms with Crippen molar-refractivity contribution in [2.45, 2.75) is 56.3 Å². The highest BCUT2D eigenvalue weighted by molar-refractivity contribution is 7.99. The Morgan fingerprint density at radius 1 is 0.897 bits per heavy atom. The van der Waals surface area contributed by atoms with E-state index in [0.29, 0.717) is 6.42 Å². The van der Waals surface area contributed by atoms with Gasteiger partial charge in [-0.25, -0.2) is 0 Å². The van der Waals surface area contributed by atoms with Crippen molar-refractivity contribution in [3.05, 3.63) is 59.7 Å². The van der Waals surface area contributed by atoms with Crippen molar-refractivity contribution >= 4 is 23.4 Å². The largest absolute Gasteiger partial charge is 0.326 e. The topological polar surface area (TPSA) is 29.1 Å². The summed E-state index contributed by atoms with van der Waals surface area (Å²) in [5.74, 6) is 5.53. The molecule has 0 aliphatic heterocycles. The highest BCUT2D eigenvalue weighted by atomic mass is 32.2. The van der Waals surface area contributed by atoms with E-state index in [-0.39, 0.29) is 5.91 Å². The number of carbonyl (C=O) groups excluding carboxylic acids is 1. The van der Waals surface area contributed by atoms with Gasteiger partial charge in [-0.3, -0.25) is 4.79 Å². The standard InChI is InChI=1S/C26H31NOS/c1-17-2-8-24(9-3-17)29-11-10-25(28)27-23-6-4-20(5-7-23)26-21-13-18-12-19(15-21)16-22(26)14-18/h2-9,18-19,21-22,26H,10-16H2,1H3,(H,27,28). The van der Waals surface area contributed by atoms with E-state index >= 15 is 0 Å². The van der Waals surface area contributed by atoms with Crippen LogP contribution in [0.25, 0.3) is 0 Å². The maximum atomic E-state index is 12.3. The molecule has 152 valence electrons. The van der Waals surface area contributed by atoms with Gasteiger partial charge in [-0.1, -0.05) is 29.8 Å². The quantitative estimate of drug-likeness (QED) is 0.545. The van der Waals surface area contributed by atoms with Crippen LogP contribution in [0.2, 0.25) is 0 Å². The van der Waals surface area contributed by atoms with Crippen molar-refractivity contribution in [1.82, 2.24) is 0 Å². The third-order valence-electron chi connectivity index (χ3n) is 7.42. The number of carbonyl (C=O) groups is 1. The number of thioether (sulfide) groups is 1. The lowest BCUT2D eigenvalue weighted by molar-refractivity contribution is -0.115. The number of nitrogens with one attached hydrogen (secondary N) is 1. The molecule has 29 heavy (non-hydrogen) atoms. The van der Waals surface area contributed by atoms with Crippen molar-refractivity contribution in [3.63, 3.8) is 0 Å². The first-order valence-corrected chi connectivity index (χ1v) is 12.2. The van der Waals surface area contributed by atoms with Gasteiger partial charge in [0, 0.05) is 22.8 Å². The summed E-state index contributed by atoms with van der Waals surface area (Å²) in [6.45, 7) is 2.09. The van der Waals surface area contributed by atoms with Crippen LogP contribution in [-0.2, 0) is 4.79 Å². The van der Waals surface area contributed by atoms with Gasteiger partial charge in [-0.2, -0.15) is 0 Å². The third kappa shape index (κ3) is 4.26. The van der Waals surface area contributed by atoms with Crippen LogP contribution in [0.1, 0.15) is 55.6 Å². The van der Waals surface area contributed by atoms with Crippen LogP contribution in [0, 0.1) is 30.6 Å². The Morgan fingerprint density at radius 2 is 1.52 bits per heavy atom. The predicted octanol–water partition coefficient (Wildman–Crippen LogP) is 6.66. The zero-order chi connectivity index (χ0) is 19.8. The average Bonchev–Trinajstić information content (AvgIpc) is 2.70. The Balaban J connectivity index is 1.14. The Kier molecular flexibility index (Phi) is 5.43. The number of benzene rings is 2. The fourth-order valence-corrected chi connectivity index (χ4v) is 7.23. The number of hydrogen-bond acceptors (Lipinski definition) is 2. The zero-order valence-electron chi connectivity index (χ0n) is 17.3. The fourth-order valence-electron chi connectivity index (χ4n) is 6.38. The molecule has 2 nitrogen and oxygen atoms in total. The molecule has 0 spiro atoms. The molecule has 2 aromatic carbocycles. The fraction of sp³-hybridized carbons (Fsp3) is 0.500. The van der Waals surface area contributed by atoms with Gasteiger partial charge < -0.3 is 5.32 Å². The summed E-state index contributed by atoms with van der Waals surface area (Å²) >= 11 is 1.74. The first-order valence-electron chi connectivity index (χ1n) is 11.2. The lowest BCUT2D eigenvalue weighted by Crippen LogP contribution is -2.43. The summed E-state index contributed by atoms with van der Waals surface area (Å²) < 4.78 is 0. The smallest absolute Gasteiger partial charge is 0.225 e. The van der Waals surface area contributed by atoms with E-state index in [1.54, 1.807) is 11.8 Å². The van der Waals surface area contributed by atoms with Crippen LogP contribution in [0.3, 0.4) is 0 Å². The van der Waals surface area contributed by atoms with E-state index in [0.717, 1.165) is 41.0 Å². The third-order valence-corrected chi connectivity index (χ3v) is 8.44. The number of amides is 1. The second kappa shape index (κ2) is 8.18. The van der Waals surface area contributed by atoms with Crippen molar-refractivity contribution in [2.75, 3.05) is 11.1 Å². The summed E-state index contributed by atoms with van der Waals surface area (Å²) in [5, 5.41) is 3.08. The molecule has 4 aliphatic carbocycles. The zero-order valence-corrected chi connectivity index (χ0v) is 18.1. The Morgan fingerprint density at radius 3 is 2.14 bits per heavy atom. The molecule has 1 amide bonds. The first kappa shape index (κ1) is 19.2. The predicted molar refractivity (Wildman–Crippen MR) is 121 cm³/mol. The van der Waals surface area contributed by atoms with Crippen LogP contribution < -0.4 is 5.32 Å². The SMILES string of the molecule is Cc1ccc(SCCC(=O)Nc2ccc(C3C4CC5CC(C4)CC3C5)cc2)cc1. The molecule has 2 aromatic rings. The van der Waals surface area contributed by atoms with Crippen LogP contribution in [0.4, 0.5) is 5.69 Å². The summed E-state index contributed by atoms with van der Waals surface area (Å²) in [4.78, 5) is 13.5. The average molecular weight is 406 g/mol. The van der Waals surface area contributed by atoms with Gasteiger partial charge >= 0.3 is 0 Å². The minimum absolute atomic E-state index is 0.104. The molecule has 0 saturated heterocycles. The first-order chi connectivity index (χ1) is 14.1. The number of aryl methyl sites for hydroxylation is 1. The van der Waals surface area contributed by atoms with Crippen molar-refractivity contribution < 1.29 is 4.79 Å². The van der Waals surface area contributed by atoms with Crippen LogP contribution >= 0.6 is 11.8 Å². The molecule has 1 N–H and O–H groups in total. The second-order valence-corrected chi connectivity index (χ2v) is 10.7. The Hall–Kier alpha value is -1.74. The lowest BCUT2D eigenvalue weighted by atomic mass is 9.51. The highest BCUT2D eigenvalue weighted by Gasteiger charge is 2.48. The van der Waals surface area contributed by atoms with Gasteiger partial charge in [-0.05, 0) is 98.4 Å². The minimum atomic E-state index is 0.104. The molecule has 4 aliphatic rings. The number of hydrogen-bond donors (Lipinski definition) is 1. The second-order valence-electron chi connectivity index (χ2n) is 9.54. The van der Waals surface area contributed by atoms with Crippen molar-refractivity contribution in [2.24, 2.45) is 23.7 Å². The normalized spacial score (nSPS) is 29.8. The number of rotatable bonds is 6. The van der Waals surface area contributed by atoms with Crippen LogP contribution in [0.15, 0.2) is 53.4 Å². The van der Waals surface area contributed by atoms with Gasteiger partial charge in [0.15, 0.2) is 0 Å². The van der Waals surface area contributed by atoms with E-state index < -0.39 is 0 Å². The van der Waals surface area contributed by atoms with E-state index in [1.165, 1.54) is 48.1 Å². The van der Waals surface area contributed by atoms with Crippen LogP contribution in [0.5, 0.6) is 0 Å². The summed E-state index contributed by atoms with van der Waals surface area (Å²) in [5.41, 5.74) is 3.71. The minimum Gasteiger partial charge on any atom is -0.326 e. The lowest BCUT2D eigenvalue weighted by Gasteiger charge is -2.54. The summed E-state index contributed by atoms with van der Waals surface area (Å²) in [6.07, 6.45) is 7.86.